The highest BCUT2D eigenvalue weighted by Crippen LogP contribution is 2.23. The van der Waals surface area contributed by atoms with Crippen LogP contribution < -0.4 is 5.32 Å². The molecular formula is C13H26N2O. The van der Waals surface area contributed by atoms with E-state index in [4.69, 9.17) is 4.74 Å². The molecular weight excluding hydrogens is 200 g/mol. The van der Waals surface area contributed by atoms with Crippen molar-refractivity contribution in [2.45, 2.75) is 38.1 Å². The summed E-state index contributed by atoms with van der Waals surface area (Å²) in [4.78, 5) is 2.72. The van der Waals surface area contributed by atoms with E-state index in [1.54, 1.807) is 0 Å². The van der Waals surface area contributed by atoms with E-state index in [0.717, 1.165) is 31.7 Å². The van der Waals surface area contributed by atoms with Gasteiger partial charge in [-0.05, 0) is 51.7 Å². The van der Waals surface area contributed by atoms with Crippen LogP contribution in [0.3, 0.4) is 0 Å². The Balaban J connectivity index is 1.78. The summed E-state index contributed by atoms with van der Waals surface area (Å²) < 4.78 is 5.48. The third-order valence-electron chi connectivity index (χ3n) is 3.99. The molecule has 0 spiro atoms. The van der Waals surface area contributed by atoms with E-state index in [1.807, 2.05) is 0 Å². The van der Waals surface area contributed by atoms with Crippen LogP contribution in [-0.2, 0) is 4.74 Å². The van der Waals surface area contributed by atoms with Crippen LogP contribution in [0.25, 0.3) is 0 Å². The van der Waals surface area contributed by atoms with Gasteiger partial charge in [0.1, 0.15) is 0 Å². The second kappa shape index (κ2) is 6.58. The summed E-state index contributed by atoms with van der Waals surface area (Å²) in [6.07, 6.45) is 6.80. The van der Waals surface area contributed by atoms with Crippen molar-refractivity contribution in [3.8, 4) is 0 Å². The first kappa shape index (κ1) is 12.3. The second-order valence-electron chi connectivity index (χ2n) is 5.27. The Morgan fingerprint density at radius 1 is 1.31 bits per heavy atom. The van der Waals surface area contributed by atoms with Crippen LogP contribution in [0.1, 0.15) is 32.1 Å². The minimum absolute atomic E-state index is 0.801. The molecule has 2 fully saturated rings. The number of nitrogens with one attached hydrogen (secondary N) is 1. The van der Waals surface area contributed by atoms with Crippen molar-refractivity contribution < 1.29 is 4.74 Å². The van der Waals surface area contributed by atoms with E-state index in [1.165, 1.54) is 45.2 Å². The number of hydrogen-bond acceptors (Lipinski definition) is 3. The van der Waals surface area contributed by atoms with Gasteiger partial charge in [-0.25, -0.2) is 0 Å². The predicted molar refractivity (Wildman–Crippen MR) is 66.7 cm³/mol. The topological polar surface area (TPSA) is 24.5 Å². The Hall–Kier alpha value is -0.120. The summed E-state index contributed by atoms with van der Waals surface area (Å²) in [6, 6.07) is 0.821. The van der Waals surface area contributed by atoms with Gasteiger partial charge in [-0.15, -0.1) is 0 Å². The van der Waals surface area contributed by atoms with Gasteiger partial charge >= 0.3 is 0 Å². The van der Waals surface area contributed by atoms with Gasteiger partial charge in [0.15, 0.2) is 0 Å². The number of hydrogen-bond donors (Lipinski definition) is 1. The first-order valence-electron chi connectivity index (χ1n) is 6.86. The molecule has 0 saturated carbocycles. The summed E-state index contributed by atoms with van der Waals surface area (Å²) in [6.45, 7) is 5.72. The van der Waals surface area contributed by atoms with Crippen molar-refractivity contribution in [1.82, 2.24) is 10.2 Å². The van der Waals surface area contributed by atoms with Crippen LogP contribution in [-0.4, -0.2) is 50.8 Å². The molecule has 0 bridgehead atoms. The van der Waals surface area contributed by atoms with E-state index < -0.39 is 0 Å². The van der Waals surface area contributed by atoms with Crippen molar-refractivity contribution in [3.05, 3.63) is 0 Å². The lowest BCUT2D eigenvalue weighted by Crippen LogP contribution is -2.43. The smallest absolute Gasteiger partial charge is 0.0507 e. The number of rotatable bonds is 5. The monoisotopic (exact) mass is 226 g/mol. The number of piperidine rings is 1. The van der Waals surface area contributed by atoms with Gasteiger partial charge in [-0.2, -0.15) is 0 Å². The molecule has 3 nitrogen and oxygen atoms in total. The van der Waals surface area contributed by atoms with E-state index in [2.05, 4.69) is 17.3 Å². The van der Waals surface area contributed by atoms with Crippen LogP contribution in [0.2, 0.25) is 0 Å². The van der Waals surface area contributed by atoms with Gasteiger partial charge in [-0.3, -0.25) is 4.90 Å². The van der Waals surface area contributed by atoms with Crippen molar-refractivity contribution in [2.75, 3.05) is 39.9 Å². The van der Waals surface area contributed by atoms with Crippen LogP contribution in [0.4, 0.5) is 0 Å². The van der Waals surface area contributed by atoms with Crippen LogP contribution >= 0.6 is 0 Å². The molecule has 2 aliphatic rings. The fraction of sp³-hybridized carbons (Fsp3) is 1.00. The molecule has 2 heterocycles. The zero-order valence-corrected chi connectivity index (χ0v) is 10.6. The van der Waals surface area contributed by atoms with Crippen LogP contribution in [0.5, 0.6) is 0 Å². The molecule has 0 amide bonds. The average molecular weight is 226 g/mol. The SMILES string of the molecule is CNCCC1CCCCN1CC1CCOC1. The molecule has 16 heavy (non-hydrogen) atoms. The minimum atomic E-state index is 0.801. The first-order chi connectivity index (χ1) is 7.90. The van der Waals surface area contributed by atoms with Gasteiger partial charge in [0.2, 0.25) is 0 Å². The van der Waals surface area contributed by atoms with E-state index >= 15 is 0 Å². The maximum atomic E-state index is 5.48. The standard InChI is InChI=1S/C13H26N2O/c1-14-7-5-13-4-2-3-8-15(13)10-12-6-9-16-11-12/h12-14H,2-11H2,1H3. The fourth-order valence-electron chi connectivity index (χ4n) is 3.00. The normalized spacial score (nSPS) is 32.1. The lowest BCUT2D eigenvalue weighted by atomic mass is 9.97. The van der Waals surface area contributed by atoms with Crippen LogP contribution in [0, 0.1) is 5.92 Å². The molecule has 0 aromatic carbocycles. The zero-order valence-electron chi connectivity index (χ0n) is 10.6. The maximum Gasteiger partial charge on any atom is 0.0507 e. The molecule has 3 heteroatoms. The zero-order chi connectivity index (χ0) is 11.2. The molecule has 1 N–H and O–H groups in total. The predicted octanol–water partition coefficient (Wildman–Crippen LogP) is 1.49. The van der Waals surface area contributed by atoms with E-state index in [0.29, 0.717) is 0 Å². The maximum absolute atomic E-state index is 5.48. The van der Waals surface area contributed by atoms with Gasteiger partial charge in [-0.1, -0.05) is 6.42 Å². The lowest BCUT2D eigenvalue weighted by molar-refractivity contribution is 0.109. The summed E-state index contributed by atoms with van der Waals surface area (Å²) in [5, 5.41) is 3.28. The Morgan fingerprint density at radius 3 is 3.00 bits per heavy atom. The average Bonchev–Trinajstić information content (AvgIpc) is 2.81. The van der Waals surface area contributed by atoms with Crippen molar-refractivity contribution in [3.63, 3.8) is 0 Å². The molecule has 2 unspecified atom stereocenters. The number of likely N-dealkylation sites (tertiary alicyclic amines) is 1. The molecule has 94 valence electrons. The van der Waals surface area contributed by atoms with Gasteiger partial charge < -0.3 is 10.1 Å². The Labute approximate surface area is 99.5 Å². The fourth-order valence-corrected chi connectivity index (χ4v) is 3.00. The minimum Gasteiger partial charge on any atom is -0.381 e. The Morgan fingerprint density at radius 2 is 2.25 bits per heavy atom. The number of ether oxygens (including phenoxy) is 1. The molecule has 2 saturated heterocycles. The summed E-state index contributed by atoms with van der Waals surface area (Å²) in [5.74, 6) is 0.801. The second-order valence-corrected chi connectivity index (χ2v) is 5.27. The molecule has 2 atom stereocenters. The molecule has 0 radical (unpaired) electrons. The molecule has 2 aliphatic heterocycles. The van der Waals surface area contributed by atoms with E-state index in [9.17, 15) is 0 Å². The third kappa shape index (κ3) is 3.44. The quantitative estimate of drug-likeness (QED) is 0.768. The molecule has 0 aromatic rings. The summed E-state index contributed by atoms with van der Waals surface area (Å²) in [5.41, 5.74) is 0. The van der Waals surface area contributed by atoms with Gasteiger partial charge in [0, 0.05) is 19.2 Å². The number of nitrogens with zero attached hydrogens (tertiary/aromatic N) is 1. The van der Waals surface area contributed by atoms with Crippen molar-refractivity contribution in [1.29, 1.82) is 0 Å². The highest BCUT2D eigenvalue weighted by Gasteiger charge is 2.26. The third-order valence-corrected chi connectivity index (χ3v) is 3.99. The summed E-state index contributed by atoms with van der Waals surface area (Å²) in [7, 11) is 2.05. The summed E-state index contributed by atoms with van der Waals surface area (Å²) >= 11 is 0. The highest BCUT2D eigenvalue weighted by molar-refractivity contribution is 4.80. The Kier molecular flexibility index (Phi) is 5.07. The first-order valence-corrected chi connectivity index (χ1v) is 6.86. The highest BCUT2D eigenvalue weighted by atomic mass is 16.5. The van der Waals surface area contributed by atoms with Gasteiger partial charge in [0.05, 0.1) is 6.61 Å². The van der Waals surface area contributed by atoms with Crippen molar-refractivity contribution in [2.24, 2.45) is 5.92 Å². The van der Waals surface area contributed by atoms with Crippen molar-refractivity contribution >= 4 is 0 Å². The van der Waals surface area contributed by atoms with Crippen LogP contribution in [0.15, 0.2) is 0 Å². The van der Waals surface area contributed by atoms with E-state index in [-0.39, 0.29) is 0 Å². The van der Waals surface area contributed by atoms with Gasteiger partial charge in [0.25, 0.3) is 0 Å². The molecule has 0 aliphatic carbocycles. The Bertz CT molecular complexity index is 192. The largest absolute Gasteiger partial charge is 0.381 e. The molecule has 0 aromatic heterocycles. The lowest BCUT2D eigenvalue weighted by Gasteiger charge is -2.37. The molecule has 2 rings (SSSR count).